The Bertz CT molecular complexity index is 282. The zero-order chi connectivity index (χ0) is 11.1. The van der Waals surface area contributed by atoms with E-state index in [1.165, 1.54) is 19.3 Å². The molecule has 3 fully saturated rings. The van der Waals surface area contributed by atoms with Gasteiger partial charge >= 0.3 is 0 Å². The van der Waals surface area contributed by atoms with Crippen molar-refractivity contribution in [2.45, 2.75) is 44.6 Å². The molecule has 1 amide bonds. The van der Waals surface area contributed by atoms with Crippen LogP contribution in [-0.2, 0) is 4.79 Å². The van der Waals surface area contributed by atoms with Crippen LogP contribution in [0.25, 0.3) is 0 Å². The molecule has 3 rings (SSSR count). The topological polar surface area (TPSA) is 46.3 Å². The average molecular weight is 222 g/mol. The zero-order valence-corrected chi connectivity index (χ0v) is 9.90. The van der Waals surface area contributed by atoms with Gasteiger partial charge in [-0.1, -0.05) is 0 Å². The second-order valence-corrected chi connectivity index (χ2v) is 5.84. The molecule has 3 atom stereocenters. The molecule has 1 heterocycles. The number of hydrogen-bond acceptors (Lipinski definition) is 2. The lowest BCUT2D eigenvalue weighted by molar-refractivity contribution is -0.139. The standard InChI is InChI=1S/C13H22N2O/c14-8-12-3-1-2-4-15(12)13(16)11-6-9-5-10(9)7-11/h9-12H,1-8,14H2. The molecule has 3 heteroatoms. The molecule has 2 saturated carbocycles. The van der Waals surface area contributed by atoms with Crippen LogP contribution in [-0.4, -0.2) is 29.9 Å². The fourth-order valence-electron chi connectivity index (χ4n) is 3.69. The number of rotatable bonds is 2. The number of fused-ring (bicyclic) bond motifs is 1. The highest BCUT2D eigenvalue weighted by Crippen LogP contribution is 2.54. The zero-order valence-electron chi connectivity index (χ0n) is 9.90. The highest BCUT2D eigenvalue weighted by molar-refractivity contribution is 5.80. The van der Waals surface area contributed by atoms with Gasteiger partial charge in [-0.05, 0) is 50.4 Å². The first kappa shape index (κ1) is 10.6. The summed E-state index contributed by atoms with van der Waals surface area (Å²) in [6.45, 7) is 1.60. The molecular formula is C13H22N2O. The predicted molar refractivity (Wildman–Crippen MR) is 62.7 cm³/mol. The predicted octanol–water partition coefficient (Wildman–Crippen LogP) is 1.37. The van der Waals surface area contributed by atoms with Gasteiger partial charge in [0.25, 0.3) is 0 Å². The summed E-state index contributed by atoms with van der Waals surface area (Å²) >= 11 is 0. The minimum atomic E-state index is 0.332. The maximum atomic E-state index is 12.4. The van der Waals surface area contributed by atoms with E-state index < -0.39 is 0 Å². The molecule has 0 aromatic carbocycles. The van der Waals surface area contributed by atoms with Crippen molar-refractivity contribution in [3.05, 3.63) is 0 Å². The first-order chi connectivity index (χ1) is 7.79. The Balaban J connectivity index is 1.63. The Labute approximate surface area is 97.4 Å². The van der Waals surface area contributed by atoms with Crippen molar-refractivity contribution in [1.82, 2.24) is 4.90 Å². The molecule has 1 saturated heterocycles. The third-order valence-corrected chi connectivity index (χ3v) is 4.78. The van der Waals surface area contributed by atoms with E-state index in [0.29, 0.717) is 24.4 Å². The van der Waals surface area contributed by atoms with Crippen molar-refractivity contribution in [3.8, 4) is 0 Å². The molecule has 90 valence electrons. The summed E-state index contributed by atoms with van der Waals surface area (Å²) in [5.41, 5.74) is 5.77. The summed E-state index contributed by atoms with van der Waals surface area (Å²) in [5, 5.41) is 0. The van der Waals surface area contributed by atoms with Gasteiger partial charge in [-0.2, -0.15) is 0 Å². The summed E-state index contributed by atoms with van der Waals surface area (Å²) in [6.07, 6.45) is 7.24. The van der Waals surface area contributed by atoms with Crippen LogP contribution in [0, 0.1) is 17.8 Å². The number of carbonyl (C=O) groups is 1. The maximum absolute atomic E-state index is 12.4. The van der Waals surface area contributed by atoms with Gasteiger partial charge in [0.05, 0.1) is 0 Å². The molecular weight excluding hydrogens is 200 g/mol. The van der Waals surface area contributed by atoms with Crippen LogP contribution in [0.4, 0.5) is 0 Å². The summed E-state index contributed by atoms with van der Waals surface area (Å²) in [4.78, 5) is 14.5. The Morgan fingerprint density at radius 2 is 1.94 bits per heavy atom. The normalized spacial score (nSPS) is 41.9. The second kappa shape index (κ2) is 4.02. The SMILES string of the molecule is NCC1CCCCN1C(=O)C1CC2CC2C1. The molecule has 2 aliphatic carbocycles. The average Bonchev–Trinajstić information content (AvgIpc) is 2.95. The summed E-state index contributed by atoms with van der Waals surface area (Å²) in [5.74, 6) is 2.56. The van der Waals surface area contributed by atoms with Crippen LogP contribution < -0.4 is 5.73 Å². The van der Waals surface area contributed by atoms with Gasteiger partial charge in [-0.15, -0.1) is 0 Å². The highest BCUT2D eigenvalue weighted by Gasteiger charge is 2.49. The van der Waals surface area contributed by atoms with Crippen molar-refractivity contribution in [1.29, 1.82) is 0 Å². The Hall–Kier alpha value is -0.570. The van der Waals surface area contributed by atoms with Crippen LogP contribution >= 0.6 is 0 Å². The van der Waals surface area contributed by atoms with E-state index >= 15 is 0 Å². The van der Waals surface area contributed by atoms with Crippen molar-refractivity contribution >= 4 is 5.91 Å². The highest BCUT2D eigenvalue weighted by atomic mass is 16.2. The lowest BCUT2D eigenvalue weighted by Crippen LogP contribution is -2.49. The number of nitrogens with zero attached hydrogens (tertiary/aromatic N) is 1. The number of carbonyl (C=O) groups excluding carboxylic acids is 1. The van der Waals surface area contributed by atoms with Gasteiger partial charge < -0.3 is 10.6 Å². The van der Waals surface area contributed by atoms with Crippen molar-refractivity contribution in [2.75, 3.05) is 13.1 Å². The Morgan fingerprint density at radius 3 is 2.62 bits per heavy atom. The lowest BCUT2D eigenvalue weighted by atomic mass is 9.96. The minimum Gasteiger partial charge on any atom is -0.338 e. The molecule has 16 heavy (non-hydrogen) atoms. The van der Waals surface area contributed by atoms with E-state index in [1.54, 1.807) is 0 Å². The van der Waals surface area contributed by atoms with Crippen molar-refractivity contribution in [2.24, 2.45) is 23.5 Å². The van der Waals surface area contributed by atoms with Crippen LogP contribution in [0.5, 0.6) is 0 Å². The number of nitrogens with two attached hydrogens (primary N) is 1. The maximum Gasteiger partial charge on any atom is 0.225 e. The van der Waals surface area contributed by atoms with Crippen LogP contribution in [0.3, 0.4) is 0 Å². The monoisotopic (exact) mass is 222 g/mol. The van der Waals surface area contributed by atoms with E-state index in [4.69, 9.17) is 5.73 Å². The van der Waals surface area contributed by atoms with Gasteiger partial charge in [0.2, 0.25) is 5.91 Å². The molecule has 0 aromatic heterocycles. The molecule has 2 N–H and O–H groups in total. The van der Waals surface area contributed by atoms with Gasteiger partial charge in [0, 0.05) is 25.0 Å². The summed E-state index contributed by atoms with van der Waals surface area (Å²) in [6, 6.07) is 0.332. The molecule has 0 radical (unpaired) electrons. The van der Waals surface area contributed by atoms with E-state index in [2.05, 4.69) is 4.90 Å². The van der Waals surface area contributed by atoms with E-state index in [9.17, 15) is 4.79 Å². The first-order valence-electron chi connectivity index (χ1n) is 6.80. The summed E-state index contributed by atoms with van der Waals surface area (Å²) in [7, 11) is 0. The fraction of sp³-hybridized carbons (Fsp3) is 0.923. The number of piperidine rings is 1. The minimum absolute atomic E-state index is 0.332. The fourth-order valence-corrected chi connectivity index (χ4v) is 3.69. The summed E-state index contributed by atoms with van der Waals surface area (Å²) < 4.78 is 0. The third-order valence-electron chi connectivity index (χ3n) is 4.78. The van der Waals surface area contributed by atoms with Gasteiger partial charge in [0.1, 0.15) is 0 Å². The van der Waals surface area contributed by atoms with Crippen LogP contribution in [0.1, 0.15) is 38.5 Å². The Morgan fingerprint density at radius 1 is 1.19 bits per heavy atom. The molecule has 1 aliphatic heterocycles. The van der Waals surface area contributed by atoms with Crippen molar-refractivity contribution < 1.29 is 4.79 Å². The van der Waals surface area contributed by atoms with Crippen molar-refractivity contribution in [3.63, 3.8) is 0 Å². The molecule has 0 aromatic rings. The number of amides is 1. The van der Waals surface area contributed by atoms with Crippen LogP contribution in [0.2, 0.25) is 0 Å². The molecule has 3 aliphatic rings. The van der Waals surface area contributed by atoms with E-state index in [1.807, 2.05) is 0 Å². The van der Waals surface area contributed by atoms with E-state index in [-0.39, 0.29) is 0 Å². The van der Waals surface area contributed by atoms with Gasteiger partial charge in [-0.25, -0.2) is 0 Å². The van der Waals surface area contributed by atoms with E-state index in [0.717, 1.165) is 37.6 Å². The smallest absolute Gasteiger partial charge is 0.225 e. The Kier molecular flexibility index (Phi) is 2.66. The largest absolute Gasteiger partial charge is 0.338 e. The van der Waals surface area contributed by atoms with Crippen LogP contribution in [0.15, 0.2) is 0 Å². The number of likely N-dealkylation sites (tertiary alicyclic amines) is 1. The van der Waals surface area contributed by atoms with Gasteiger partial charge in [-0.3, -0.25) is 4.79 Å². The third kappa shape index (κ3) is 1.75. The number of hydrogen-bond donors (Lipinski definition) is 1. The molecule has 0 bridgehead atoms. The molecule has 3 nitrogen and oxygen atoms in total. The lowest BCUT2D eigenvalue weighted by Gasteiger charge is -2.37. The van der Waals surface area contributed by atoms with Gasteiger partial charge in [0.15, 0.2) is 0 Å². The second-order valence-electron chi connectivity index (χ2n) is 5.84. The first-order valence-corrected chi connectivity index (χ1v) is 6.80. The molecule has 0 spiro atoms. The molecule has 3 unspecified atom stereocenters. The quantitative estimate of drug-likeness (QED) is 0.767.